The molecule has 0 aromatic heterocycles. The van der Waals surface area contributed by atoms with Crippen molar-refractivity contribution in [3.05, 3.63) is 12.2 Å². The van der Waals surface area contributed by atoms with Crippen LogP contribution in [0.5, 0.6) is 0 Å². The second-order valence-electron chi connectivity index (χ2n) is 4.58. The molecular weight excluding hydrogens is 242 g/mol. The normalized spacial score (nSPS) is 26.7. The van der Waals surface area contributed by atoms with E-state index in [-0.39, 0.29) is 18.1 Å². The van der Waals surface area contributed by atoms with Crippen molar-refractivity contribution in [2.75, 3.05) is 24.7 Å². The second kappa shape index (κ2) is 5.18. The van der Waals surface area contributed by atoms with Crippen molar-refractivity contribution >= 4 is 15.8 Å². The van der Waals surface area contributed by atoms with Crippen LogP contribution in [-0.4, -0.2) is 44.6 Å². The van der Waals surface area contributed by atoms with Crippen LogP contribution in [0, 0.1) is 0 Å². The summed E-state index contributed by atoms with van der Waals surface area (Å²) in [5.41, 5.74) is -0.147. The van der Waals surface area contributed by atoms with Crippen LogP contribution < -0.4 is 5.32 Å². The minimum atomic E-state index is -2.94. The topological polar surface area (TPSA) is 72.5 Å². The van der Waals surface area contributed by atoms with E-state index in [9.17, 15) is 13.2 Å². The number of ether oxygens (including phenoxy) is 1. The third kappa shape index (κ3) is 4.12. The molecule has 0 aromatic rings. The molecule has 1 aliphatic rings. The highest BCUT2D eigenvalue weighted by atomic mass is 32.2. The average molecular weight is 261 g/mol. The molecule has 0 radical (unpaired) electrons. The Morgan fingerprint density at radius 3 is 2.65 bits per heavy atom. The number of rotatable bonds is 5. The van der Waals surface area contributed by atoms with Crippen molar-refractivity contribution in [3.63, 3.8) is 0 Å². The molecule has 1 aliphatic heterocycles. The highest BCUT2D eigenvalue weighted by Gasteiger charge is 2.38. The van der Waals surface area contributed by atoms with Gasteiger partial charge in [0.25, 0.3) is 0 Å². The summed E-state index contributed by atoms with van der Waals surface area (Å²) in [6.07, 6.45) is 0.561. The van der Waals surface area contributed by atoms with E-state index in [0.717, 1.165) is 0 Å². The summed E-state index contributed by atoms with van der Waals surface area (Å²) in [5, 5.41) is 3.07. The maximum Gasteiger partial charge on any atom is 0.334 e. The van der Waals surface area contributed by atoms with Crippen molar-refractivity contribution in [2.24, 2.45) is 0 Å². The number of nitrogens with one attached hydrogen (secondary N) is 1. The van der Waals surface area contributed by atoms with E-state index in [1.807, 2.05) is 6.92 Å². The predicted octanol–water partition coefficient (Wildman–Crippen LogP) is 0.272. The molecule has 1 saturated heterocycles. The molecule has 1 atom stereocenters. The lowest BCUT2D eigenvalue weighted by Gasteiger charge is -2.24. The smallest absolute Gasteiger partial charge is 0.334 e. The van der Waals surface area contributed by atoms with E-state index >= 15 is 0 Å². The largest absolute Gasteiger partial charge is 0.463 e. The Morgan fingerprint density at radius 1 is 1.53 bits per heavy atom. The Balaban J connectivity index is 2.46. The Kier molecular flexibility index (Phi) is 4.32. The van der Waals surface area contributed by atoms with Crippen LogP contribution in [0.4, 0.5) is 0 Å². The molecule has 6 heteroatoms. The molecule has 0 amide bonds. The standard InChI is InChI=1S/C11H19NO4S/c1-4-16-10(13)9(2)7-12-11(3)5-6-17(14,15)8-11/h12H,2,4-8H2,1,3H3. The Hall–Kier alpha value is -0.880. The maximum atomic E-state index is 11.4. The lowest BCUT2D eigenvalue weighted by Crippen LogP contribution is -2.44. The van der Waals surface area contributed by atoms with Gasteiger partial charge in [0.2, 0.25) is 0 Å². The van der Waals surface area contributed by atoms with Crippen molar-refractivity contribution in [1.29, 1.82) is 0 Å². The highest BCUT2D eigenvalue weighted by molar-refractivity contribution is 7.91. The Labute approximate surface area is 102 Å². The van der Waals surface area contributed by atoms with Crippen molar-refractivity contribution < 1.29 is 17.9 Å². The molecule has 17 heavy (non-hydrogen) atoms. The SMILES string of the molecule is C=C(CNC1(C)CCS(=O)(=O)C1)C(=O)OCC. The van der Waals surface area contributed by atoms with Crippen molar-refractivity contribution in [2.45, 2.75) is 25.8 Å². The summed E-state index contributed by atoms with van der Waals surface area (Å²) < 4.78 is 27.5. The van der Waals surface area contributed by atoms with Gasteiger partial charge in [0.15, 0.2) is 9.84 Å². The van der Waals surface area contributed by atoms with Gasteiger partial charge in [0.05, 0.1) is 18.1 Å². The van der Waals surface area contributed by atoms with E-state index < -0.39 is 21.3 Å². The van der Waals surface area contributed by atoms with E-state index in [1.165, 1.54) is 0 Å². The number of carbonyl (C=O) groups is 1. The van der Waals surface area contributed by atoms with E-state index in [0.29, 0.717) is 18.6 Å². The molecule has 0 spiro atoms. The van der Waals surface area contributed by atoms with Crippen LogP contribution in [0.25, 0.3) is 0 Å². The number of hydrogen-bond acceptors (Lipinski definition) is 5. The van der Waals surface area contributed by atoms with Crippen molar-refractivity contribution in [1.82, 2.24) is 5.32 Å². The van der Waals surface area contributed by atoms with E-state index in [1.54, 1.807) is 6.92 Å². The Morgan fingerprint density at radius 2 is 2.18 bits per heavy atom. The maximum absolute atomic E-state index is 11.4. The van der Waals surface area contributed by atoms with Gasteiger partial charge in [-0.1, -0.05) is 6.58 Å². The highest BCUT2D eigenvalue weighted by Crippen LogP contribution is 2.22. The zero-order chi connectivity index (χ0) is 13.1. The fourth-order valence-electron chi connectivity index (χ4n) is 1.78. The van der Waals surface area contributed by atoms with Crippen LogP contribution in [-0.2, 0) is 19.4 Å². The van der Waals surface area contributed by atoms with Crippen LogP contribution >= 0.6 is 0 Å². The molecule has 0 saturated carbocycles. The number of sulfone groups is 1. The van der Waals surface area contributed by atoms with Gasteiger partial charge in [-0.15, -0.1) is 0 Å². The number of carbonyl (C=O) groups excluding carboxylic acids is 1. The van der Waals surface area contributed by atoms with Gasteiger partial charge >= 0.3 is 5.97 Å². The van der Waals surface area contributed by atoms with Gasteiger partial charge in [0.1, 0.15) is 0 Å². The first kappa shape index (κ1) is 14.2. The first-order valence-corrected chi connectivity index (χ1v) is 7.40. The molecule has 1 heterocycles. The lowest BCUT2D eigenvalue weighted by molar-refractivity contribution is -0.138. The number of esters is 1. The predicted molar refractivity (Wildman–Crippen MR) is 65.5 cm³/mol. The molecule has 0 bridgehead atoms. The molecule has 1 unspecified atom stereocenters. The monoisotopic (exact) mass is 261 g/mol. The van der Waals surface area contributed by atoms with Gasteiger partial charge in [-0.3, -0.25) is 0 Å². The van der Waals surface area contributed by atoms with E-state index in [4.69, 9.17) is 4.74 Å². The summed E-state index contributed by atoms with van der Waals surface area (Å²) in [6.45, 7) is 7.75. The summed E-state index contributed by atoms with van der Waals surface area (Å²) >= 11 is 0. The van der Waals surface area contributed by atoms with Crippen LogP contribution in [0.1, 0.15) is 20.3 Å². The van der Waals surface area contributed by atoms with Crippen LogP contribution in [0.2, 0.25) is 0 Å². The third-order valence-corrected chi connectivity index (χ3v) is 4.70. The average Bonchev–Trinajstić information content (AvgIpc) is 2.51. The molecule has 5 nitrogen and oxygen atoms in total. The molecule has 1 N–H and O–H groups in total. The van der Waals surface area contributed by atoms with Crippen LogP contribution in [0.3, 0.4) is 0 Å². The molecule has 0 aromatic carbocycles. The molecule has 1 rings (SSSR count). The Bertz CT molecular complexity index is 415. The van der Waals surface area contributed by atoms with Crippen molar-refractivity contribution in [3.8, 4) is 0 Å². The fourth-order valence-corrected chi connectivity index (χ4v) is 3.90. The summed E-state index contributed by atoms with van der Waals surface area (Å²) in [6, 6.07) is 0. The van der Waals surface area contributed by atoms with Gasteiger partial charge in [-0.25, -0.2) is 13.2 Å². The number of hydrogen-bond donors (Lipinski definition) is 1. The zero-order valence-corrected chi connectivity index (χ0v) is 11.1. The minimum Gasteiger partial charge on any atom is -0.463 e. The first-order valence-electron chi connectivity index (χ1n) is 5.58. The molecule has 1 fully saturated rings. The van der Waals surface area contributed by atoms with Gasteiger partial charge in [-0.05, 0) is 20.3 Å². The summed E-state index contributed by atoms with van der Waals surface area (Å²) in [4.78, 5) is 11.3. The minimum absolute atomic E-state index is 0.107. The van der Waals surface area contributed by atoms with Gasteiger partial charge < -0.3 is 10.1 Å². The zero-order valence-electron chi connectivity index (χ0n) is 10.3. The quantitative estimate of drug-likeness (QED) is 0.568. The first-order chi connectivity index (χ1) is 7.78. The third-order valence-electron chi connectivity index (χ3n) is 2.80. The molecule has 0 aliphatic carbocycles. The fraction of sp³-hybridized carbons (Fsp3) is 0.727. The van der Waals surface area contributed by atoms with E-state index in [2.05, 4.69) is 11.9 Å². The lowest BCUT2D eigenvalue weighted by atomic mass is 10.0. The van der Waals surface area contributed by atoms with Crippen LogP contribution in [0.15, 0.2) is 12.2 Å². The summed E-state index contributed by atoms with van der Waals surface area (Å²) in [5.74, 6) is -0.136. The summed E-state index contributed by atoms with van der Waals surface area (Å²) in [7, 11) is -2.94. The molecular formula is C11H19NO4S. The van der Waals surface area contributed by atoms with Gasteiger partial charge in [0, 0.05) is 17.7 Å². The molecule has 98 valence electrons. The van der Waals surface area contributed by atoms with Gasteiger partial charge in [-0.2, -0.15) is 0 Å². The second-order valence-corrected chi connectivity index (χ2v) is 6.76.